The molecule has 0 heterocycles. The summed E-state index contributed by atoms with van der Waals surface area (Å²) in [5.74, 6) is 0. The molecule has 3 atom stereocenters. The maximum absolute atomic E-state index is 9.61. The molecule has 3 unspecified atom stereocenters. The van der Waals surface area contributed by atoms with Crippen molar-refractivity contribution in [3.8, 4) is 0 Å². The van der Waals surface area contributed by atoms with Gasteiger partial charge in [0.15, 0.2) is 0 Å². The first kappa shape index (κ1) is 14.3. The minimum absolute atomic E-state index is 0.0120. The maximum atomic E-state index is 9.61. The summed E-state index contributed by atoms with van der Waals surface area (Å²) < 4.78 is 0. The Morgan fingerprint density at radius 1 is 1.50 bits per heavy atom. The third-order valence-corrected chi connectivity index (χ3v) is 5.24. The van der Waals surface area contributed by atoms with Crippen LogP contribution in [0.1, 0.15) is 52.9 Å². The quantitative estimate of drug-likeness (QED) is 0.755. The zero-order valence-corrected chi connectivity index (χ0v) is 11.8. The molecule has 1 aliphatic rings. The van der Waals surface area contributed by atoms with Crippen molar-refractivity contribution in [2.45, 2.75) is 68.9 Å². The highest BCUT2D eigenvalue weighted by molar-refractivity contribution is 8.00. The highest BCUT2D eigenvalue weighted by Crippen LogP contribution is 2.37. The number of aliphatic hydroxyl groups excluding tert-OH is 1. The highest BCUT2D eigenvalue weighted by Gasteiger charge is 2.35. The summed E-state index contributed by atoms with van der Waals surface area (Å²) in [5.41, 5.74) is 0.0120. The van der Waals surface area contributed by atoms with E-state index in [2.05, 4.69) is 37.8 Å². The molecule has 0 amide bonds. The number of aliphatic hydroxyl groups is 1. The van der Waals surface area contributed by atoms with Crippen molar-refractivity contribution >= 4 is 11.8 Å². The fraction of sp³-hybridized carbons (Fsp3) is 1.00. The molecule has 16 heavy (non-hydrogen) atoms. The fourth-order valence-electron chi connectivity index (χ4n) is 2.58. The molecule has 1 fully saturated rings. The normalized spacial score (nSPS) is 32.6. The van der Waals surface area contributed by atoms with E-state index in [1.807, 2.05) is 0 Å². The zero-order chi connectivity index (χ0) is 12.0. The fourth-order valence-corrected chi connectivity index (χ4v) is 4.15. The van der Waals surface area contributed by atoms with Crippen LogP contribution >= 0.6 is 11.8 Å². The Bertz CT molecular complexity index is 196. The van der Waals surface area contributed by atoms with Crippen LogP contribution in [0.4, 0.5) is 0 Å². The Morgan fingerprint density at radius 3 is 2.81 bits per heavy atom. The van der Waals surface area contributed by atoms with Gasteiger partial charge >= 0.3 is 0 Å². The van der Waals surface area contributed by atoms with Crippen LogP contribution in [0.25, 0.3) is 0 Å². The third-order valence-electron chi connectivity index (χ3n) is 3.65. The molecule has 96 valence electrons. The van der Waals surface area contributed by atoms with Gasteiger partial charge in [-0.25, -0.2) is 0 Å². The molecule has 1 aliphatic carbocycles. The van der Waals surface area contributed by atoms with Gasteiger partial charge in [0.2, 0.25) is 0 Å². The summed E-state index contributed by atoms with van der Waals surface area (Å²) in [5, 5.41) is 14.6. The van der Waals surface area contributed by atoms with Crippen molar-refractivity contribution in [1.82, 2.24) is 5.32 Å². The minimum Gasteiger partial charge on any atom is -0.394 e. The van der Waals surface area contributed by atoms with Crippen molar-refractivity contribution < 1.29 is 5.11 Å². The summed E-state index contributed by atoms with van der Waals surface area (Å²) in [4.78, 5) is 0. The molecule has 0 radical (unpaired) electrons. The average Bonchev–Trinajstić information content (AvgIpc) is 2.29. The molecule has 0 aliphatic heterocycles. The second-order valence-electron chi connectivity index (χ2n) is 5.04. The topological polar surface area (TPSA) is 32.3 Å². The molecule has 0 spiro atoms. The van der Waals surface area contributed by atoms with E-state index < -0.39 is 0 Å². The number of thioether (sulfide) groups is 1. The molecule has 0 aromatic carbocycles. The average molecular weight is 245 g/mol. The monoisotopic (exact) mass is 245 g/mol. The van der Waals surface area contributed by atoms with Crippen molar-refractivity contribution in [3.05, 3.63) is 0 Å². The van der Waals surface area contributed by atoms with E-state index in [9.17, 15) is 5.11 Å². The summed E-state index contributed by atoms with van der Waals surface area (Å²) >= 11 is 2.11. The van der Waals surface area contributed by atoms with Crippen molar-refractivity contribution in [1.29, 1.82) is 0 Å². The molecule has 1 rings (SSSR count). The molecule has 1 saturated carbocycles. The van der Waals surface area contributed by atoms with Crippen molar-refractivity contribution in [2.75, 3.05) is 13.2 Å². The van der Waals surface area contributed by atoms with Crippen LogP contribution in [0.3, 0.4) is 0 Å². The van der Waals surface area contributed by atoms with E-state index >= 15 is 0 Å². The number of likely N-dealkylation sites (N-methyl/N-ethyl adjacent to an activating group) is 1. The predicted octanol–water partition coefficient (Wildman–Crippen LogP) is 2.80. The molecule has 3 heteroatoms. The van der Waals surface area contributed by atoms with Gasteiger partial charge in [-0.15, -0.1) is 0 Å². The van der Waals surface area contributed by atoms with E-state index in [4.69, 9.17) is 0 Å². The molecule has 2 nitrogen and oxygen atoms in total. The van der Waals surface area contributed by atoms with Crippen LogP contribution < -0.4 is 5.32 Å². The SMILES string of the molecule is CCNC1(CO)CCCC(SC(C)CC)C1. The van der Waals surface area contributed by atoms with Crippen LogP contribution in [-0.2, 0) is 0 Å². The minimum atomic E-state index is 0.0120. The van der Waals surface area contributed by atoms with Gasteiger partial charge in [-0.2, -0.15) is 11.8 Å². The Labute approximate surface area is 105 Å². The summed E-state index contributed by atoms with van der Waals surface area (Å²) in [6.45, 7) is 7.94. The summed E-state index contributed by atoms with van der Waals surface area (Å²) in [7, 11) is 0. The molecule has 0 aromatic heterocycles. The van der Waals surface area contributed by atoms with Gasteiger partial charge in [-0.3, -0.25) is 0 Å². The standard InChI is InChI=1S/C13H27NOS/c1-4-11(3)16-12-7-6-8-13(9-12,10-15)14-5-2/h11-12,14-15H,4-10H2,1-3H3. The second kappa shape index (κ2) is 6.87. The summed E-state index contributed by atoms with van der Waals surface area (Å²) in [6.07, 6.45) is 6.08. The van der Waals surface area contributed by atoms with Gasteiger partial charge in [0.25, 0.3) is 0 Å². The predicted molar refractivity (Wildman–Crippen MR) is 73.1 cm³/mol. The van der Waals surface area contributed by atoms with Gasteiger partial charge in [0.1, 0.15) is 0 Å². The van der Waals surface area contributed by atoms with Crippen LogP contribution in [0, 0.1) is 0 Å². The largest absolute Gasteiger partial charge is 0.394 e. The highest BCUT2D eigenvalue weighted by atomic mass is 32.2. The van der Waals surface area contributed by atoms with Gasteiger partial charge in [-0.1, -0.05) is 27.2 Å². The van der Waals surface area contributed by atoms with E-state index in [-0.39, 0.29) is 5.54 Å². The van der Waals surface area contributed by atoms with Crippen molar-refractivity contribution in [3.63, 3.8) is 0 Å². The first-order valence-electron chi connectivity index (χ1n) is 6.67. The molecular formula is C13H27NOS. The van der Waals surface area contributed by atoms with E-state index in [0.29, 0.717) is 6.61 Å². The number of hydrogen-bond donors (Lipinski definition) is 2. The maximum Gasteiger partial charge on any atom is 0.0613 e. The Kier molecular flexibility index (Phi) is 6.16. The van der Waals surface area contributed by atoms with Gasteiger partial charge in [0, 0.05) is 16.0 Å². The van der Waals surface area contributed by atoms with Gasteiger partial charge < -0.3 is 10.4 Å². The third kappa shape index (κ3) is 3.94. The molecule has 0 aromatic rings. The number of hydrogen-bond acceptors (Lipinski definition) is 3. The van der Waals surface area contributed by atoms with E-state index in [1.165, 1.54) is 19.3 Å². The van der Waals surface area contributed by atoms with Gasteiger partial charge in [-0.05, 0) is 32.2 Å². The number of rotatable bonds is 6. The second-order valence-corrected chi connectivity index (χ2v) is 6.79. The lowest BCUT2D eigenvalue weighted by Gasteiger charge is -2.40. The van der Waals surface area contributed by atoms with Crippen LogP contribution in [0.2, 0.25) is 0 Å². The molecular weight excluding hydrogens is 218 g/mol. The lowest BCUT2D eigenvalue weighted by molar-refractivity contribution is 0.125. The lowest BCUT2D eigenvalue weighted by atomic mass is 9.82. The van der Waals surface area contributed by atoms with E-state index in [0.717, 1.165) is 29.9 Å². The molecule has 0 bridgehead atoms. The van der Waals surface area contributed by atoms with Gasteiger partial charge in [0.05, 0.1) is 6.61 Å². The van der Waals surface area contributed by atoms with Crippen LogP contribution in [-0.4, -0.2) is 34.3 Å². The smallest absolute Gasteiger partial charge is 0.0613 e. The Hall–Kier alpha value is 0.270. The lowest BCUT2D eigenvalue weighted by Crippen LogP contribution is -2.52. The Morgan fingerprint density at radius 2 is 2.25 bits per heavy atom. The molecule has 0 saturated heterocycles. The Balaban J connectivity index is 2.50. The van der Waals surface area contributed by atoms with Crippen molar-refractivity contribution in [2.24, 2.45) is 0 Å². The first-order valence-corrected chi connectivity index (χ1v) is 7.61. The zero-order valence-electron chi connectivity index (χ0n) is 11.0. The van der Waals surface area contributed by atoms with E-state index in [1.54, 1.807) is 0 Å². The van der Waals surface area contributed by atoms with Crippen LogP contribution in [0.15, 0.2) is 0 Å². The first-order chi connectivity index (χ1) is 7.65. The summed E-state index contributed by atoms with van der Waals surface area (Å²) in [6, 6.07) is 0. The molecule has 2 N–H and O–H groups in total. The number of nitrogens with one attached hydrogen (secondary N) is 1. The van der Waals surface area contributed by atoms with Crippen LogP contribution in [0.5, 0.6) is 0 Å².